The Balaban J connectivity index is 1.59. The maximum absolute atomic E-state index is 12.3. The van der Waals surface area contributed by atoms with Crippen LogP contribution in [0.4, 0.5) is 0 Å². The van der Waals surface area contributed by atoms with Gasteiger partial charge in [0.1, 0.15) is 5.15 Å². The topological polar surface area (TPSA) is 49.3 Å². The Kier molecular flexibility index (Phi) is 5.20. The number of rotatable bonds is 4. The highest BCUT2D eigenvalue weighted by Gasteiger charge is 2.21. The lowest BCUT2D eigenvalue weighted by molar-refractivity contribution is -0.130. The molecule has 120 valence electrons. The van der Waals surface area contributed by atoms with Gasteiger partial charge in [0.2, 0.25) is 5.91 Å². The van der Waals surface area contributed by atoms with Gasteiger partial charge in [-0.1, -0.05) is 23.7 Å². The van der Waals surface area contributed by atoms with E-state index in [0.717, 1.165) is 31.7 Å². The molecule has 3 rings (SSSR count). The van der Waals surface area contributed by atoms with E-state index in [2.05, 4.69) is 20.9 Å². The molecule has 2 aromatic heterocycles. The normalized spacial score (nSPS) is 16.4. The van der Waals surface area contributed by atoms with Crippen LogP contribution in [0.15, 0.2) is 42.9 Å². The molecule has 0 N–H and O–H groups in total. The lowest BCUT2D eigenvalue weighted by Gasteiger charge is -2.22. The van der Waals surface area contributed by atoms with Crippen LogP contribution in [0.5, 0.6) is 0 Å². The number of amides is 1. The van der Waals surface area contributed by atoms with Gasteiger partial charge in [-0.15, -0.1) is 0 Å². The molecule has 1 amide bonds. The summed E-state index contributed by atoms with van der Waals surface area (Å²) in [5, 5.41) is 0.471. The highest BCUT2D eigenvalue weighted by atomic mass is 35.5. The van der Waals surface area contributed by atoms with E-state index >= 15 is 0 Å². The Labute approximate surface area is 140 Å². The zero-order valence-corrected chi connectivity index (χ0v) is 13.6. The first kappa shape index (κ1) is 15.9. The SMILES string of the molecule is O=C1CCN(Cc2cccnc2)CCN1Cc1ccc(Cl)nc1. The van der Waals surface area contributed by atoms with Gasteiger partial charge in [-0.25, -0.2) is 4.98 Å². The van der Waals surface area contributed by atoms with Crippen LogP contribution in [-0.2, 0) is 17.9 Å². The van der Waals surface area contributed by atoms with Crippen molar-refractivity contribution in [1.29, 1.82) is 0 Å². The summed E-state index contributed by atoms with van der Waals surface area (Å²) in [4.78, 5) is 24.7. The van der Waals surface area contributed by atoms with Gasteiger partial charge in [-0.05, 0) is 23.3 Å². The van der Waals surface area contributed by atoms with Crippen molar-refractivity contribution < 1.29 is 4.79 Å². The van der Waals surface area contributed by atoms with Gasteiger partial charge < -0.3 is 4.90 Å². The van der Waals surface area contributed by atoms with Crippen molar-refractivity contribution in [2.24, 2.45) is 0 Å². The number of hydrogen-bond donors (Lipinski definition) is 0. The number of aromatic nitrogens is 2. The second-order valence-corrected chi connectivity index (χ2v) is 6.08. The Morgan fingerprint density at radius 3 is 2.65 bits per heavy atom. The fourth-order valence-corrected chi connectivity index (χ4v) is 2.82. The van der Waals surface area contributed by atoms with Gasteiger partial charge in [0.05, 0.1) is 0 Å². The fraction of sp³-hybridized carbons (Fsp3) is 0.353. The van der Waals surface area contributed by atoms with Crippen LogP contribution in [0.1, 0.15) is 17.5 Å². The average Bonchev–Trinajstić information content (AvgIpc) is 2.74. The van der Waals surface area contributed by atoms with Crippen LogP contribution in [0.2, 0.25) is 5.15 Å². The maximum Gasteiger partial charge on any atom is 0.224 e. The highest BCUT2D eigenvalue weighted by molar-refractivity contribution is 6.29. The van der Waals surface area contributed by atoms with Gasteiger partial charge in [0, 0.05) is 57.7 Å². The summed E-state index contributed by atoms with van der Waals surface area (Å²) in [7, 11) is 0. The minimum atomic E-state index is 0.189. The van der Waals surface area contributed by atoms with E-state index in [1.54, 1.807) is 18.5 Å². The predicted octanol–water partition coefficient (Wildman–Crippen LogP) is 2.36. The van der Waals surface area contributed by atoms with E-state index < -0.39 is 0 Å². The van der Waals surface area contributed by atoms with E-state index in [0.29, 0.717) is 18.1 Å². The maximum atomic E-state index is 12.3. The molecule has 0 saturated carbocycles. The third-order valence-electron chi connectivity index (χ3n) is 3.97. The molecule has 1 fully saturated rings. The lowest BCUT2D eigenvalue weighted by atomic mass is 10.2. The highest BCUT2D eigenvalue weighted by Crippen LogP contribution is 2.13. The standard InChI is InChI=1S/C17H19ClN4O/c18-16-4-3-15(11-20-16)13-22-9-8-21(7-5-17(22)23)12-14-2-1-6-19-10-14/h1-4,6,10-11H,5,7-9,12-13H2. The van der Waals surface area contributed by atoms with Crippen LogP contribution in [0, 0.1) is 0 Å². The molecule has 0 spiro atoms. The first-order valence-corrected chi connectivity index (χ1v) is 8.08. The number of carbonyl (C=O) groups is 1. The molecule has 1 saturated heterocycles. The zero-order chi connectivity index (χ0) is 16.1. The molecule has 2 aromatic rings. The van der Waals surface area contributed by atoms with Gasteiger partial charge in [0.15, 0.2) is 0 Å². The van der Waals surface area contributed by atoms with Crippen molar-refractivity contribution in [3.63, 3.8) is 0 Å². The van der Waals surface area contributed by atoms with Crippen molar-refractivity contribution in [3.8, 4) is 0 Å². The van der Waals surface area contributed by atoms with E-state index in [4.69, 9.17) is 11.6 Å². The van der Waals surface area contributed by atoms with E-state index in [1.165, 1.54) is 5.56 Å². The van der Waals surface area contributed by atoms with E-state index in [9.17, 15) is 4.79 Å². The fourth-order valence-electron chi connectivity index (χ4n) is 2.71. The van der Waals surface area contributed by atoms with Crippen molar-refractivity contribution in [1.82, 2.24) is 19.8 Å². The Bertz CT molecular complexity index is 647. The predicted molar refractivity (Wildman–Crippen MR) is 88.8 cm³/mol. The first-order valence-electron chi connectivity index (χ1n) is 7.70. The molecular formula is C17H19ClN4O. The molecule has 23 heavy (non-hydrogen) atoms. The van der Waals surface area contributed by atoms with Crippen molar-refractivity contribution in [2.75, 3.05) is 19.6 Å². The minimum absolute atomic E-state index is 0.189. The summed E-state index contributed by atoms with van der Waals surface area (Å²) < 4.78 is 0. The summed E-state index contributed by atoms with van der Waals surface area (Å²) in [6, 6.07) is 7.68. The van der Waals surface area contributed by atoms with Gasteiger partial charge >= 0.3 is 0 Å². The molecule has 0 bridgehead atoms. The van der Waals surface area contributed by atoms with Crippen LogP contribution in [0.3, 0.4) is 0 Å². The first-order chi connectivity index (χ1) is 11.2. The van der Waals surface area contributed by atoms with Crippen molar-refractivity contribution in [2.45, 2.75) is 19.5 Å². The van der Waals surface area contributed by atoms with Crippen LogP contribution in [0.25, 0.3) is 0 Å². The molecule has 0 atom stereocenters. The third kappa shape index (κ3) is 4.50. The molecule has 6 heteroatoms. The molecule has 3 heterocycles. The number of hydrogen-bond acceptors (Lipinski definition) is 4. The van der Waals surface area contributed by atoms with Gasteiger partial charge in [-0.3, -0.25) is 14.7 Å². The Hall–Kier alpha value is -1.98. The number of halogens is 1. The quantitative estimate of drug-likeness (QED) is 0.808. The van der Waals surface area contributed by atoms with Crippen LogP contribution in [-0.4, -0.2) is 45.3 Å². The van der Waals surface area contributed by atoms with E-state index in [1.807, 2.05) is 23.2 Å². The van der Waals surface area contributed by atoms with Gasteiger partial charge in [-0.2, -0.15) is 0 Å². The molecule has 0 aromatic carbocycles. The molecule has 1 aliphatic heterocycles. The summed E-state index contributed by atoms with van der Waals surface area (Å²) in [6.07, 6.45) is 5.93. The third-order valence-corrected chi connectivity index (χ3v) is 4.20. The van der Waals surface area contributed by atoms with Crippen LogP contribution >= 0.6 is 11.6 Å². The van der Waals surface area contributed by atoms with E-state index in [-0.39, 0.29) is 5.91 Å². The second-order valence-electron chi connectivity index (χ2n) is 5.69. The minimum Gasteiger partial charge on any atom is -0.337 e. The second kappa shape index (κ2) is 7.53. The molecule has 0 unspecified atom stereocenters. The molecule has 5 nitrogen and oxygen atoms in total. The monoisotopic (exact) mass is 330 g/mol. The van der Waals surface area contributed by atoms with Crippen molar-refractivity contribution >= 4 is 17.5 Å². The zero-order valence-electron chi connectivity index (χ0n) is 12.9. The number of carbonyl (C=O) groups excluding carboxylic acids is 1. The number of nitrogens with zero attached hydrogens (tertiary/aromatic N) is 4. The Morgan fingerprint density at radius 2 is 1.91 bits per heavy atom. The molecular weight excluding hydrogens is 312 g/mol. The smallest absolute Gasteiger partial charge is 0.224 e. The summed E-state index contributed by atoms with van der Waals surface area (Å²) in [6.45, 7) is 3.79. The average molecular weight is 331 g/mol. The molecule has 1 aliphatic rings. The molecule has 0 aliphatic carbocycles. The summed E-state index contributed by atoms with van der Waals surface area (Å²) in [5.41, 5.74) is 2.18. The Morgan fingerprint density at radius 1 is 1.04 bits per heavy atom. The molecule has 0 radical (unpaired) electrons. The van der Waals surface area contributed by atoms with Crippen LogP contribution < -0.4 is 0 Å². The van der Waals surface area contributed by atoms with Crippen molar-refractivity contribution in [3.05, 3.63) is 59.1 Å². The summed E-state index contributed by atoms with van der Waals surface area (Å²) >= 11 is 5.80. The lowest BCUT2D eigenvalue weighted by Crippen LogP contribution is -2.32. The summed E-state index contributed by atoms with van der Waals surface area (Å²) in [5.74, 6) is 0.189. The largest absolute Gasteiger partial charge is 0.337 e. The number of pyridine rings is 2. The van der Waals surface area contributed by atoms with Gasteiger partial charge in [0.25, 0.3) is 0 Å².